The number of alkyl carbamates (subject to hydrolysis) is 1. The van der Waals surface area contributed by atoms with Crippen molar-refractivity contribution in [1.29, 1.82) is 0 Å². The fraction of sp³-hybridized carbons (Fsp3) is 0.941. The van der Waals surface area contributed by atoms with Crippen molar-refractivity contribution in [3.63, 3.8) is 0 Å². The Balaban J connectivity index is 2.54. The van der Waals surface area contributed by atoms with Crippen LogP contribution >= 0.6 is 22.6 Å². The molecular weight excluding hydrogens is 393 g/mol. The Hall–Kier alpha value is -0.0400. The standard InChI is InChI=1S/C17H32INO3/c1-6-13-9-7-8-10-14(13)21-17(5,11-18)12-19-15(20)22-16(2,3)4/h13-14H,6-12H2,1-5H3,(H,19,20). The van der Waals surface area contributed by atoms with Crippen LogP contribution in [0.25, 0.3) is 0 Å². The Morgan fingerprint density at radius 3 is 2.41 bits per heavy atom. The number of carbonyl (C=O) groups excluding carboxylic acids is 1. The van der Waals surface area contributed by atoms with Gasteiger partial charge in [0.1, 0.15) is 5.60 Å². The van der Waals surface area contributed by atoms with E-state index >= 15 is 0 Å². The summed E-state index contributed by atoms with van der Waals surface area (Å²) in [6.07, 6.45) is 6.08. The molecule has 0 aliphatic heterocycles. The zero-order valence-electron chi connectivity index (χ0n) is 14.7. The highest BCUT2D eigenvalue weighted by Gasteiger charge is 2.33. The van der Waals surface area contributed by atoms with E-state index < -0.39 is 5.60 Å². The van der Waals surface area contributed by atoms with Crippen LogP contribution in [0.5, 0.6) is 0 Å². The molecule has 5 heteroatoms. The third-order valence-electron chi connectivity index (χ3n) is 4.09. The summed E-state index contributed by atoms with van der Waals surface area (Å²) in [6.45, 7) is 10.4. The third kappa shape index (κ3) is 7.02. The van der Waals surface area contributed by atoms with Gasteiger partial charge in [-0.25, -0.2) is 4.79 Å². The molecule has 1 aliphatic carbocycles. The van der Waals surface area contributed by atoms with Crippen LogP contribution in [-0.2, 0) is 9.47 Å². The van der Waals surface area contributed by atoms with E-state index in [2.05, 4.69) is 41.8 Å². The molecule has 1 N–H and O–H groups in total. The minimum absolute atomic E-state index is 0.318. The van der Waals surface area contributed by atoms with E-state index in [1.165, 1.54) is 25.7 Å². The molecule has 1 amide bonds. The van der Waals surface area contributed by atoms with E-state index in [4.69, 9.17) is 9.47 Å². The van der Waals surface area contributed by atoms with Crippen LogP contribution in [0.4, 0.5) is 4.79 Å². The molecule has 1 saturated carbocycles. The highest BCUT2D eigenvalue weighted by atomic mass is 127. The molecule has 1 aliphatic rings. The molecule has 130 valence electrons. The number of nitrogens with one attached hydrogen (secondary N) is 1. The fourth-order valence-corrected chi connectivity index (χ4v) is 3.30. The molecule has 0 saturated heterocycles. The van der Waals surface area contributed by atoms with Gasteiger partial charge in [-0.2, -0.15) is 0 Å². The normalized spacial score (nSPS) is 25.4. The summed E-state index contributed by atoms with van der Waals surface area (Å²) in [4.78, 5) is 11.8. The van der Waals surface area contributed by atoms with Crippen LogP contribution in [0, 0.1) is 5.92 Å². The second-order valence-electron chi connectivity index (χ2n) is 7.55. The minimum Gasteiger partial charge on any atom is -0.444 e. The number of rotatable bonds is 6. The number of hydrogen-bond acceptors (Lipinski definition) is 3. The number of amides is 1. The first kappa shape index (κ1) is 20.0. The van der Waals surface area contributed by atoms with Gasteiger partial charge in [0, 0.05) is 4.43 Å². The molecule has 4 nitrogen and oxygen atoms in total. The molecule has 0 spiro atoms. The highest BCUT2D eigenvalue weighted by Crippen LogP contribution is 2.32. The zero-order chi connectivity index (χ0) is 16.8. The monoisotopic (exact) mass is 425 g/mol. The third-order valence-corrected chi connectivity index (χ3v) is 5.70. The molecule has 3 atom stereocenters. The van der Waals surface area contributed by atoms with Gasteiger partial charge in [-0.1, -0.05) is 48.8 Å². The van der Waals surface area contributed by atoms with Gasteiger partial charge in [0.15, 0.2) is 0 Å². The lowest BCUT2D eigenvalue weighted by atomic mass is 9.84. The molecular formula is C17H32INO3. The summed E-state index contributed by atoms with van der Waals surface area (Å²) in [5, 5.41) is 2.86. The van der Waals surface area contributed by atoms with Gasteiger partial charge in [-0.05, 0) is 46.5 Å². The molecule has 3 unspecified atom stereocenters. The maximum atomic E-state index is 11.8. The van der Waals surface area contributed by atoms with Crippen molar-refractivity contribution in [2.45, 2.75) is 84.0 Å². The largest absolute Gasteiger partial charge is 0.444 e. The topological polar surface area (TPSA) is 47.6 Å². The molecule has 0 aromatic heterocycles. The lowest BCUT2D eigenvalue weighted by Gasteiger charge is -2.38. The van der Waals surface area contributed by atoms with Crippen LogP contribution in [0.3, 0.4) is 0 Å². The maximum Gasteiger partial charge on any atom is 0.407 e. The number of hydrogen-bond donors (Lipinski definition) is 1. The Kier molecular flexibility index (Phi) is 7.92. The smallest absolute Gasteiger partial charge is 0.407 e. The lowest BCUT2D eigenvalue weighted by Crippen LogP contribution is -2.48. The van der Waals surface area contributed by atoms with Crippen LogP contribution in [0.1, 0.15) is 66.7 Å². The number of halogens is 1. The maximum absolute atomic E-state index is 11.8. The van der Waals surface area contributed by atoms with Gasteiger partial charge in [0.05, 0.1) is 18.2 Å². The first-order valence-corrected chi connectivity index (χ1v) is 9.92. The molecule has 1 rings (SSSR count). The highest BCUT2D eigenvalue weighted by molar-refractivity contribution is 14.1. The Morgan fingerprint density at radius 2 is 1.86 bits per heavy atom. The van der Waals surface area contributed by atoms with Crippen molar-refractivity contribution in [2.24, 2.45) is 5.92 Å². The average Bonchev–Trinajstić information content (AvgIpc) is 2.44. The van der Waals surface area contributed by atoms with Crippen molar-refractivity contribution in [2.75, 3.05) is 11.0 Å². The second kappa shape index (κ2) is 8.71. The van der Waals surface area contributed by atoms with Crippen molar-refractivity contribution < 1.29 is 14.3 Å². The van der Waals surface area contributed by atoms with Crippen LogP contribution in [0.2, 0.25) is 0 Å². The Morgan fingerprint density at radius 1 is 1.23 bits per heavy atom. The SMILES string of the molecule is CCC1CCCCC1OC(C)(CI)CNC(=O)OC(C)(C)C. The molecule has 0 radical (unpaired) electrons. The van der Waals surface area contributed by atoms with Crippen LogP contribution in [-0.4, -0.2) is 34.4 Å². The van der Waals surface area contributed by atoms with E-state index in [-0.39, 0.29) is 11.7 Å². The number of carbonyl (C=O) groups is 1. The summed E-state index contributed by atoms with van der Waals surface area (Å²) in [6, 6.07) is 0. The summed E-state index contributed by atoms with van der Waals surface area (Å²) in [5.74, 6) is 0.651. The fourth-order valence-electron chi connectivity index (χ4n) is 2.85. The summed E-state index contributed by atoms with van der Waals surface area (Å²) in [7, 11) is 0. The van der Waals surface area contributed by atoms with Crippen LogP contribution in [0.15, 0.2) is 0 Å². The summed E-state index contributed by atoms with van der Waals surface area (Å²) < 4.78 is 12.6. The van der Waals surface area contributed by atoms with E-state index in [0.717, 1.165) is 10.8 Å². The van der Waals surface area contributed by atoms with E-state index in [0.29, 0.717) is 18.6 Å². The Labute approximate surface area is 149 Å². The minimum atomic E-state index is -0.470. The first-order valence-electron chi connectivity index (χ1n) is 8.40. The average molecular weight is 425 g/mol. The molecule has 0 aromatic carbocycles. The van der Waals surface area contributed by atoms with E-state index in [1.54, 1.807) is 0 Å². The van der Waals surface area contributed by atoms with Gasteiger partial charge in [-0.15, -0.1) is 0 Å². The number of alkyl halides is 1. The van der Waals surface area contributed by atoms with E-state index in [9.17, 15) is 4.79 Å². The lowest BCUT2D eigenvalue weighted by molar-refractivity contribution is -0.103. The quantitative estimate of drug-likeness (QED) is 0.496. The summed E-state index contributed by atoms with van der Waals surface area (Å²) >= 11 is 2.34. The van der Waals surface area contributed by atoms with Gasteiger partial charge in [0.2, 0.25) is 0 Å². The van der Waals surface area contributed by atoms with E-state index in [1.807, 2.05) is 20.8 Å². The van der Waals surface area contributed by atoms with Gasteiger partial charge in [-0.3, -0.25) is 0 Å². The molecule has 0 aromatic rings. The predicted octanol–water partition coefficient (Wildman–Crippen LogP) is 4.69. The van der Waals surface area contributed by atoms with Gasteiger partial charge < -0.3 is 14.8 Å². The molecule has 0 bridgehead atoms. The van der Waals surface area contributed by atoms with Crippen molar-refractivity contribution >= 4 is 28.7 Å². The van der Waals surface area contributed by atoms with Crippen molar-refractivity contribution in [3.8, 4) is 0 Å². The first-order chi connectivity index (χ1) is 10.2. The predicted molar refractivity (Wildman–Crippen MR) is 98.7 cm³/mol. The molecule has 1 fully saturated rings. The molecule has 0 heterocycles. The Bertz CT molecular complexity index is 356. The van der Waals surface area contributed by atoms with Crippen LogP contribution < -0.4 is 5.32 Å². The van der Waals surface area contributed by atoms with Gasteiger partial charge >= 0.3 is 6.09 Å². The van der Waals surface area contributed by atoms with Gasteiger partial charge in [0.25, 0.3) is 0 Å². The second-order valence-corrected chi connectivity index (χ2v) is 8.31. The zero-order valence-corrected chi connectivity index (χ0v) is 16.9. The number of ether oxygens (including phenoxy) is 2. The van der Waals surface area contributed by atoms with Crippen molar-refractivity contribution in [1.82, 2.24) is 5.32 Å². The summed E-state index contributed by atoms with van der Waals surface area (Å²) in [5.41, 5.74) is -0.810. The van der Waals surface area contributed by atoms with Crippen molar-refractivity contribution in [3.05, 3.63) is 0 Å². The molecule has 22 heavy (non-hydrogen) atoms.